The molecule has 0 saturated carbocycles. The van der Waals surface area contributed by atoms with E-state index in [0.29, 0.717) is 0 Å². The first-order chi connectivity index (χ1) is 9.16. The molecule has 0 amide bonds. The highest BCUT2D eigenvalue weighted by molar-refractivity contribution is 6.02. The third kappa shape index (κ3) is 2.32. The third-order valence-electron chi connectivity index (χ3n) is 3.81. The predicted octanol–water partition coefficient (Wildman–Crippen LogP) is 3.20. The second-order valence-corrected chi connectivity index (χ2v) is 5.20. The highest BCUT2D eigenvalue weighted by Gasteiger charge is 2.43. The maximum atomic E-state index is 12.3. The molecule has 2 heteroatoms. The van der Waals surface area contributed by atoms with Crippen molar-refractivity contribution in [1.29, 1.82) is 0 Å². The summed E-state index contributed by atoms with van der Waals surface area (Å²) in [5.41, 5.74) is 4.55. The van der Waals surface area contributed by atoms with Crippen LogP contribution >= 0.6 is 0 Å². The van der Waals surface area contributed by atoms with Crippen molar-refractivity contribution >= 4 is 5.78 Å². The Morgan fingerprint density at radius 1 is 1.00 bits per heavy atom. The summed E-state index contributed by atoms with van der Waals surface area (Å²) in [5.74, 6) is 0.184. The maximum Gasteiger partial charge on any atom is 0.181 e. The van der Waals surface area contributed by atoms with Crippen molar-refractivity contribution in [2.45, 2.75) is 25.9 Å². The van der Waals surface area contributed by atoms with Gasteiger partial charge in [0.05, 0.1) is 12.1 Å². The fourth-order valence-corrected chi connectivity index (χ4v) is 2.39. The van der Waals surface area contributed by atoms with Gasteiger partial charge in [-0.2, -0.15) is 0 Å². The van der Waals surface area contributed by atoms with Crippen LogP contribution in [0.15, 0.2) is 48.5 Å². The molecule has 2 aromatic rings. The lowest BCUT2D eigenvalue weighted by Gasteiger charge is -2.03. The van der Waals surface area contributed by atoms with Crippen LogP contribution in [-0.4, -0.2) is 11.8 Å². The van der Waals surface area contributed by atoms with E-state index in [-0.39, 0.29) is 17.9 Å². The molecule has 0 radical (unpaired) electrons. The molecule has 96 valence electrons. The number of ketones is 1. The monoisotopic (exact) mass is 251 g/mol. The zero-order valence-corrected chi connectivity index (χ0v) is 11.2. The summed E-state index contributed by atoms with van der Waals surface area (Å²) in [6.07, 6.45) is 0. The van der Waals surface area contributed by atoms with Crippen molar-refractivity contribution in [3.8, 4) is 0 Å². The molecule has 1 aliphatic heterocycles. The Balaban J connectivity index is 1.77. The van der Waals surface area contributed by atoms with E-state index in [1.54, 1.807) is 0 Å². The average molecular weight is 251 g/mol. The third-order valence-corrected chi connectivity index (χ3v) is 3.81. The van der Waals surface area contributed by atoms with Gasteiger partial charge in [0.2, 0.25) is 0 Å². The summed E-state index contributed by atoms with van der Waals surface area (Å²) in [4.78, 5) is 12.3. The molecule has 1 N–H and O–H groups in total. The van der Waals surface area contributed by atoms with E-state index in [1.807, 2.05) is 30.3 Å². The Hall–Kier alpha value is -1.93. The molecular formula is C17H17NO. The van der Waals surface area contributed by atoms with Crippen molar-refractivity contribution in [2.75, 3.05) is 0 Å². The number of rotatable bonds is 3. The van der Waals surface area contributed by atoms with Crippen LogP contribution in [0.4, 0.5) is 0 Å². The number of benzene rings is 2. The molecule has 3 rings (SSSR count). The number of Topliss-reactive ketones (excluding diaryl/α,β-unsaturated/α-hetero) is 1. The average Bonchev–Trinajstić information content (AvgIpc) is 3.22. The number of nitrogens with one attached hydrogen (secondary N) is 1. The van der Waals surface area contributed by atoms with Gasteiger partial charge in [-0.05, 0) is 30.5 Å². The number of carbonyl (C=O) groups excluding carboxylic acids is 1. The fourth-order valence-electron chi connectivity index (χ4n) is 2.39. The van der Waals surface area contributed by atoms with Crippen LogP contribution in [0.5, 0.6) is 0 Å². The zero-order chi connectivity index (χ0) is 13.4. The minimum absolute atomic E-state index is 0.0653. The Morgan fingerprint density at radius 2 is 1.74 bits per heavy atom. The normalized spacial score (nSPS) is 21.2. The highest BCUT2D eigenvalue weighted by Crippen LogP contribution is 2.32. The molecule has 1 heterocycles. The van der Waals surface area contributed by atoms with Crippen LogP contribution in [0.25, 0.3) is 0 Å². The van der Waals surface area contributed by atoms with E-state index in [0.717, 1.165) is 5.56 Å². The van der Waals surface area contributed by atoms with Gasteiger partial charge in [0.1, 0.15) is 0 Å². The zero-order valence-electron chi connectivity index (χ0n) is 11.2. The molecule has 1 aliphatic rings. The quantitative estimate of drug-likeness (QED) is 0.672. The Bertz CT molecular complexity index is 618. The SMILES string of the molecule is Cc1ccc([C@H]2N[C@@H]2C(=O)c2ccccc2)cc1C. The first-order valence-corrected chi connectivity index (χ1v) is 6.59. The van der Waals surface area contributed by atoms with Gasteiger partial charge in [-0.3, -0.25) is 10.1 Å². The number of hydrogen-bond acceptors (Lipinski definition) is 2. The first kappa shape index (κ1) is 12.1. The van der Waals surface area contributed by atoms with Crippen LogP contribution in [0.2, 0.25) is 0 Å². The Kier molecular flexibility index (Phi) is 2.96. The summed E-state index contributed by atoms with van der Waals surface area (Å²) in [6, 6.07) is 16.0. The van der Waals surface area contributed by atoms with E-state index in [4.69, 9.17) is 0 Å². The Morgan fingerprint density at radius 3 is 2.42 bits per heavy atom. The molecule has 0 spiro atoms. The lowest BCUT2D eigenvalue weighted by Crippen LogP contribution is -2.10. The molecule has 2 aromatic carbocycles. The van der Waals surface area contributed by atoms with Crippen molar-refractivity contribution in [1.82, 2.24) is 5.32 Å². The van der Waals surface area contributed by atoms with Gasteiger partial charge in [0.15, 0.2) is 5.78 Å². The van der Waals surface area contributed by atoms with Gasteiger partial charge in [-0.15, -0.1) is 0 Å². The standard InChI is InChI=1S/C17H17NO/c1-11-8-9-14(10-12(11)2)15-16(18-15)17(19)13-6-4-3-5-7-13/h3-10,15-16,18H,1-2H3/t15-,16+/m1/s1. The molecule has 19 heavy (non-hydrogen) atoms. The molecule has 0 aliphatic carbocycles. The van der Waals surface area contributed by atoms with Crippen LogP contribution in [-0.2, 0) is 0 Å². The van der Waals surface area contributed by atoms with Gasteiger partial charge in [0, 0.05) is 5.56 Å². The van der Waals surface area contributed by atoms with Gasteiger partial charge >= 0.3 is 0 Å². The van der Waals surface area contributed by atoms with E-state index in [9.17, 15) is 4.79 Å². The van der Waals surface area contributed by atoms with Crippen LogP contribution < -0.4 is 5.32 Å². The van der Waals surface area contributed by atoms with Gasteiger partial charge in [0.25, 0.3) is 0 Å². The first-order valence-electron chi connectivity index (χ1n) is 6.59. The van der Waals surface area contributed by atoms with Crippen molar-refractivity contribution < 1.29 is 4.79 Å². The molecule has 0 aromatic heterocycles. The van der Waals surface area contributed by atoms with E-state index in [1.165, 1.54) is 16.7 Å². The predicted molar refractivity (Wildman–Crippen MR) is 76.4 cm³/mol. The maximum absolute atomic E-state index is 12.3. The molecule has 2 atom stereocenters. The molecule has 1 fully saturated rings. The van der Waals surface area contributed by atoms with Gasteiger partial charge in [-0.1, -0.05) is 48.5 Å². The molecule has 1 saturated heterocycles. The largest absolute Gasteiger partial charge is 0.297 e. The lowest BCUT2D eigenvalue weighted by atomic mass is 10.00. The van der Waals surface area contributed by atoms with E-state index >= 15 is 0 Å². The summed E-state index contributed by atoms with van der Waals surface area (Å²) in [6.45, 7) is 4.21. The molecular weight excluding hydrogens is 234 g/mol. The van der Waals surface area contributed by atoms with Crippen LogP contribution in [0, 0.1) is 13.8 Å². The molecule has 0 bridgehead atoms. The summed E-state index contributed by atoms with van der Waals surface area (Å²) in [7, 11) is 0. The van der Waals surface area contributed by atoms with Crippen LogP contribution in [0.3, 0.4) is 0 Å². The summed E-state index contributed by atoms with van der Waals surface area (Å²) < 4.78 is 0. The fraction of sp³-hybridized carbons (Fsp3) is 0.235. The minimum Gasteiger partial charge on any atom is -0.297 e. The number of aryl methyl sites for hydroxylation is 2. The number of hydrogen-bond donors (Lipinski definition) is 1. The van der Waals surface area contributed by atoms with Crippen LogP contribution in [0.1, 0.15) is 33.1 Å². The van der Waals surface area contributed by atoms with E-state index in [2.05, 4.69) is 37.4 Å². The second kappa shape index (κ2) is 4.63. The smallest absolute Gasteiger partial charge is 0.181 e. The minimum atomic E-state index is -0.0653. The van der Waals surface area contributed by atoms with E-state index < -0.39 is 0 Å². The Labute approximate surface area is 113 Å². The highest BCUT2D eigenvalue weighted by atomic mass is 16.1. The van der Waals surface area contributed by atoms with Crippen molar-refractivity contribution in [3.05, 3.63) is 70.8 Å². The summed E-state index contributed by atoms with van der Waals surface area (Å²) in [5, 5.41) is 3.28. The van der Waals surface area contributed by atoms with Gasteiger partial charge in [-0.25, -0.2) is 0 Å². The number of carbonyl (C=O) groups is 1. The summed E-state index contributed by atoms with van der Waals surface area (Å²) >= 11 is 0. The second-order valence-electron chi connectivity index (χ2n) is 5.20. The topological polar surface area (TPSA) is 39.0 Å². The molecule has 0 unspecified atom stereocenters. The lowest BCUT2D eigenvalue weighted by molar-refractivity contribution is 0.0988. The van der Waals surface area contributed by atoms with Crippen molar-refractivity contribution in [3.63, 3.8) is 0 Å². The van der Waals surface area contributed by atoms with Crippen molar-refractivity contribution in [2.24, 2.45) is 0 Å². The van der Waals surface area contributed by atoms with Gasteiger partial charge < -0.3 is 0 Å². The molecule has 2 nitrogen and oxygen atoms in total.